The van der Waals surface area contributed by atoms with Gasteiger partial charge >= 0.3 is 6.18 Å². The number of alkyl halides is 3. The number of aliphatic hydroxyl groups is 1. The maximum absolute atomic E-state index is 13.0. The molecule has 1 saturated heterocycles. The maximum atomic E-state index is 13.0. The monoisotopic (exact) mass is 371 g/mol. The molecule has 1 aliphatic rings. The number of ether oxygens (including phenoxy) is 1. The molecule has 1 aromatic carbocycles. The second-order valence-electron chi connectivity index (χ2n) is 6.36. The zero-order valence-electron chi connectivity index (χ0n) is 14.2. The van der Waals surface area contributed by atoms with Crippen molar-refractivity contribution in [3.05, 3.63) is 29.3 Å². The number of rotatable bonds is 5. The first-order valence-corrected chi connectivity index (χ1v) is 8.11. The van der Waals surface area contributed by atoms with Crippen molar-refractivity contribution >= 4 is 11.6 Å². The van der Waals surface area contributed by atoms with Crippen LogP contribution in [-0.2, 0) is 15.7 Å². The molecule has 1 atom stereocenters. The Balaban J connectivity index is 2.04. The summed E-state index contributed by atoms with van der Waals surface area (Å²) >= 11 is 0. The van der Waals surface area contributed by atoms with Crippen molar-refractivity contribution in [3.63, 3.8) is 0 Å². The quantitative estimate of drug-likeness (QED) is 0.736. The lowest BCUT2D eigenvalue weighted by Gasteiger charge is -2.28. The lowest BCUT2D eigenvalue weighted by Crippen LogP contribution is -2.46. The van der Waals surface area contributed by atoms with Crippen LogP contribution in [0.5, 0.6) is 0 Å². The van der Waals surface area contributed by atoms with E-state index in [-0.39, 0.29) is 18.4 Å². The number of hydrogen-bond donors (Lipinski definition) is 3. The van der Waals surface area contributed by atoms with Crippen LogP contribution in [0.15, 0.2) is 18.2 Å². The topological polar surface area (TPSA) is 94.4 Å². The highest BCUT2D eigenvalue weighted by Gasteiger charge is 2.35. The van der Waals surface area contributed by atoms with Gasteiger partial charge in [-0.3, -0.25) is 4.79 Å². The Bertz CT molecular complexity index is 693. The molecule has 1 heterocycles. The zero-order valence-corrected chi connectivity index (χ0v) is 14.2. The second kappa shape index (κ2) is 8.03. The Labute approximate surface area is 148 Å². The van der Waals surface area contributed by atoms with E-state index >= 15 is 0 Å². The molecule has 26 heavy (non-hydrogen) atoms. The fourth-order valence-electron chi connectivity index (χ4n) is 2.53. The number of hydrogen-bond acceptors (Lipinski definition) is 5. The summed E-state index contributed by atoms with van der Waals surface area (Å²) in [7, 11) is 0. The van der Waals surface area contributed by atoms with Crippen molar-refractivity contribution in [1.29, 1.82) is 5.26 Å². The minimum atomic E-state index is -4.73. The van der Waals surface area contributed by atoms with Gasteiger partial charge in [-0.2, -0.15) is 18.4 Å². The summed E-state index contributed by atoms with van der Waals surface area (Å²) in [6.07, 6.45) is -3.31. The van der Waals surface area contributed by atoms with Gasteiger partial charge in [-0.1, -0.05) is 0 Å². The van der Waals surface area contributed by atoms with E-state index < -0.39 is 28.8 Å². The number of amides is 1. The number of nitrogens with zero attached hydrogens (tertiary/aromatic N) is 1. The van der Waals surface area contributed by atoms with Gasteiger partial charge in [-0.25, -0.2) is 0 Å². The number of piperidine rings is 1. The van der Waals surface area contributed by atoms with E-state index in [2.05, 4.69) is 10.6 Å². The SMILES string of the molecule is C[C@](O)(COC1CCNCC1)C(=O)Nc1ccc(C#N)c(C(F)(F)F)c1. The largest absolute Gasteiger partial charge is 0.417 e. The van der Waals surface area contributed by atoms with Crippen molar-refractivity contribution in [2.45, 2.75) is 37.6 Å². The molecule has 1 aromatic rings. The fourth-order valence-corrected chi connectivity index (χ4v) is 2.53. The summed E-state index contributed by atoms with van der Waals surface area (Å²) in [4.78, 5) is 12.2. The molecule has 0 bridgehead atoms. The number of halogens is 3. The summed E-state index contributed by atoms with van der Waals surface area (Å²) in [5, 5.41) is 24.5. The van der Waals surface area contributed by atoms with Crippen LogP contribution in [-0.4, -0.2) is 42.4 Å². The molecule has 6 nitrogen and oxygen atoms in total. The summed E-state index contributed by atoms with van der Waals surface area (Å²) in [5.41, 5.74) is -3.76. The lowest BCUT2D eigenvalue weighted by molar-refractivity contribution is -0.142. The van der Waals surface area contributed by atoms with Gasteiger partial charge in [0.05, 0.1) is 29.9 Å². The molecule has 0 aromatic heterocycles. The molecule has 0 saturated carbocycles. The third-order valence-corrected chi connectivity index (χ3v) is 4.08. The van der Waals surface area contributed by atoms with Crippen LogP contribution in [0.1, 0.15) is 30.9 Å². The minimum absolute atomic E-state index is 0.0812. The first-order chi connectivity index (χ1) is 12.1. The molecule has 1 aliphatic heterocycles. The average molecular weight is 371 g/mol. The molecule has 0 spiro atoms. The molecule has 142 valence electrons. The first kappa shape index (κ1) is 20.2. The van der Waals surface area contributed by atoms with E-state index in [9.17, 15) is 23.1 Å². The molecule has 0 unspecified atom stereocenters. The van der Waals surface area contributed by atoms with Crippen LogP contribution < -0.4 is 10.6 Å². The van der Waals surface area contributed by atoms with E-state index in [1.807, 2.05) is 0 Å². The Morgan fingerprint density at radius 1 is 1.42 bits per heavy atom. The van der Waals surface area contributed by atoms with Crippen LogP contribution in [0, 0.1) is 11.3 Å². The van der Waals surface area contributed by atoms with Gasteiger partial charge in [0.2, 0.25) is 0 Å². The van der Waals surface area contributed by atoms with Crippen LogP contribution >= 0.6 is 0 Å². The molecule has 9 heteroatoms. The van der Waals surface area contributed by atoms with E-state index in [1.54, 1.807) is 0 Å². The predicted molar refractivity (Wildman–Crippen MR) is 87.3 cm³/mol. The van der Waals surface area contributed by atoms with Crippen molar-refractivity contribution in [1.82, 2.24) is 5.32 Å². The number of anilines is 1. The number of carbonyl (C=O) groups excluding carboxylic acids is 1. The van der Waals surface area contributed by atoms with Gasteiger partial charge in [0.25, 0.3) is 5.91 Å². The summed E-state index contributed by atoms with van der Waals surface area (Å²) in [5.74, 6) is -0.885. The van der Waals surface area contributed by atoms with Gasteiger partial charge in [-0.15, -0.1) is 0 Å². The maximum Gasteiger partial charge on any atom is 0.417 e. The first-order valence-electron chi connectivity index (χ1n) is 8.11. The third-order valence-electron chi connectivity index (χ3n) is 4.08. The normalized spacial score (nSPS) is 18.0. The molecule has 1 amide bonds. The van der Waals surface area contributed by atoms with Gasteiger partial charge in [0.1, 0.15) is 0 Å². The lowest BCUT2D eigenvalue weighted by atomic mass is 10.0. The number of benzene rings is 1. The molecule has 3 N–H and O–H groups in total. The van der Waals surface area contributed by atoms with Gasteiger partial charge in [0, 0.05) is 5.69 Å². The summed E-state index contributed by atoms with van der Waals surface area (Å²) in [6.45, 7) is 2.53. The van der Waals surface area contributed by atoms with Crippen LogP contribution in [0.2, 0.25) is 0 Å². The van der Waals surface area contributed by atoms with Gasteiger partial charge in [-0.05, 0) is 51.1 Å². The van der Waals surface area contributed by atoms with E-state index in [1.165, 1.54) is 19.1 Å². The Hall–Kier alpha value is -2.15. The second-order valence-corrected chi connectivity index (χ2v) is 6.36. The van der Waals surface area contributed by atoms with E-state index in [0.717, 1.165) is 32.0 Å². The summed E-state index contributed by atoms with van der Waals surface area (Å²) in [6, 6.07) is 4.28. The number of nitriles is 1. The van der Waals surface area contributed by atoms with Gasteiger partial charge < -0.3 is 20.5 Å². The van der Waals surface area contributed by atoms with Crippen LogP contribution in [0.3, 0.4) is 0 Å². The highest BCUT2D eigenvalue weighted by atomic mass is 19.4. The molecular formula is C17H20F3N3O3. The van der Waals surface area contributed by atoms with Crippen LogP contribution in [0.4, 0.5) is 18.9 Å². The highest BCUT2D eigenvalue weighted by Crippen LogP contribution is 2.33. The molecular weight excluding hydrogens is 351 g/mol. The number of carbonyl (C=O) groups is 1. The molecule has 1 fully saturated rings. The number of nitrogens with one attached hydrogen (secondary N) is 2. The predicted octanol–water partition coefficient (Wildman–Crippen LogP) is 2.04. The van der Waals surface area contributed by atoms with E-state index in [0.29, 0.717) is 6.07 Å². The fraction of sp³-hybridized carbons (Fsp3) is 0.529. The Morgan fingerprint density at radius 2 is 2.08 bits per heavy atom. The smallest absolute Gasteiger partial charge is 0.378 e. The highest BCUT2D eigenvalue weighted by molar-refractivity contribution is 5.97. The van der Waals surface area contributed by atoms with Crippen molar-refractivity contribution in [2.75, 3.05) is 25.0 Å². The van der Waals surface area contributed by atoms with Crippen molar-refractivity contribution < 1.29 is 27.8 Å². The van der Waals surface area contributed by atoms with Crippen molar-refractivity contribution in [3.8, 4) is 6.07 Å². The molecule has 0 radical (unpaired) electrons. The Morgan fingerprint density at radius 3 is 2.65 bits per heavy atom. The zero-order chi connectivity index (χ0) is 19.4. The third kappa shape index (κ3) is 5.17. The van der Waals surface area contributed by atoms with E-state index in [4.69, 9.17) is 10.00 Å². The molecule has 2 rings (SSSR count). The minimum Gasteiger partial charge on any atom is -0.378 e. The molecule has 0 aliphatic carbocycles. The Kier molecular flexibility index (Phi) is 6.23. The van der Waals surface area contributed by atoms with Crippen molar-refractivity contribution in [2.24, 2.45) is 0 Å². The van der Waals surface area contributed by atoms with Crippen LogP contribution in [0.25, 0.3) is 0 Å². The standard InChI is InChI=1S/C17H20F3N3O3/c1-16(25,10-26-13-4-6-22-7-5-13)15(24)23-12-3-2-11(9-21)14(8-12)17(18,19)20/h2-3,8,13,22,25H,4-7,10H2,1H3,(H,23,24)/t16-/m0/s1. The van der Waals surface area contributed by atoms with Gasteiger partial charge in [0.15, 0.2) is 5.60 Å². The average Bonchev–Trinajstić information content (AvgIpc) is 2.60. The summed E-state index contributed by atoms with van der Waals surface area (Å²) < 4.78 is 44.5.